The number of rotatable bonds is 1. The molecule has 25 heavy (non-hydrogen) atoms. The van der Waals surface area contributed by atoms with Gasteiger partial charge >= 0.3 is 0 Å². The number of thiophene rings is 1. The number of likely N-dealkylation sites (N-methyl/N-ethyl adjacent to an activating group) is 1. The fourth-order valence-corrected chi connectivity index (χ4v) is 5.14. The predicted molar refractivity (Wildman–Crippen MR) is 101 cm³/mol. The molecule has 2 aromatic heterocycles. The van der Waals surface area contributed by atoms with Crippen molar-refractivity contribution in [1.29, 1.82) is 0 Å². The number of amides is 1. The summed E-state index contributed by atoms with van der Waals surface area (Å²) in [6.45, 7) is 5.81. The van der Waals surface area contributed by atoms with Crippen molar-refractivity contribution in [2.24, 2.45) is 0 Å². The molecule has 2 fully saturated rings. The number of hydrogen-bond acceptors (Lipinski definition) is 6. The molecule has 0 bridgehead atoms. The molecule has 4 rings (SSSR count). The summed E-state index contributed by atoms with van der Waals surface area (Å²) in [6, 6.07) is 0. The summed E-state index contributed by atoms with van der Waals surface area (Å²) in [6.07, 6.45) is 4.25. The van der Waals surface area contributed by atoms with Gasteiger partial charge in [0.25, 0.3) is 0 Å². The van der Waals surface area contributed by atoms with Crippen LogP contribution in [-0.4, -0.2) is 71.5 Å². The number of likely N-dealkylation sites (tertiary alicyclic amines) is 1. The number of aromatic nitrogens is 2. The van der Waals surface area contributed by atoms with E-state index >= 15 is 0 Å². The van der Waals surface area contributed by atoms with Crippen LogP contribution in [0.15, 0.2) is 11.7 Å². The van der Waals surface area contributed by atoms with Gasteiger partial charge in [0.15, 0.2) is 0 Å². The number of piperazine rings is 1. The fraction of sp³-hybridized carbons (Fsp3) is 0.611. The first kappa shape index (κ1) is 16.7. The van der Waals surface area contributed by atoms with Gasteiger partial charge in [-0.25, -0.2) is 9.97 Å². The van der Waals surface area contributed by atoms with Crippen molar-refractivity contribution >= 4 is 33.3 Å². The third-order valence-electron chi connectivity index (χ3n) is 5.95. The molecule has 1 spiro atoms. The van der Waals surface area contributed by atoms with Crippen molar-refractivity contribution in [3.05, 3.63) is 17.3 Å². The number of anilines is 1. The first-order valence-corrected chi connectivity index (χ1v) is 9.77. The van der Waals surface area contributed by atoms with Gasteiger partial charge in [0.1, 0.15) is 12.1 Å². The monoisotopic (exact) mass is 359 g/mol. The minimum Gasteiger partial charge on any atom is -0.352 e. The predicted octanol–water partition coefficient (Wildman–Crippen LogP) is 2.13. The standard InChI is InChI=1S/C18H25N5OS/c1-13-10-25-16-15(13)19-12-20-17(16)23-9-8-22(3)18(11-23)5-4-14(24)21(2)7-6-18/h10,12H,4-9,11H2,1-3H3/t18-/m0/s1. The van der Waals surface area contributed by atoms with E-state index in [0.29, 0.717) is 6.42 Å². The molecule has 2 aliphatic rings. The Hall–Kier alpha value is -1.73. The van der Waals surface area contributed by atoms with Crippen molar-refractivity contribution in [2.45, 2.75) is 31.7 Å². The van der Waals surface area contributed by atoms with Gasteiger partial charge in [-0.3, -0.25) is 9.69 Å². The number of carbonyl (C=O) groups excluding carboxylic acids is 1. The summed E-state index contributed by atoms with van der Waals surface area (Å²) in [4.78, 5) is 28.0. The smallest absolute Gasteiger partial charge is 0.222 e. The van der Waals surface area contributed by atoms with Crippen molar-refractivity contribution in [3.63, 3.8) is 0 Å². The Kier molecular flexibility index (Phi) is 4.16. The minimum atomic E-state index is 0.0439. The molecule has 6 nitrogen and oxygen atoms in total. The first-order chi connectivity index (χ1) is 12.0. The zero-order valence-corrected chi connectivity index (χ0v) is 16.0. The molecule has 1 atom stereocenters. The van der Waals surface area contributed by atoms with Crippen molar-refractivity contribution in [2.75, 3.05) is 45.2 Å². The molecule has 1 amide bonds. The average Bonchev–Trinajstić information content (AvgIpc) is 2.94. The molecule has 0 saturated carbocycles. The molecule has 0 radical (unpaired) electrons. The third kappa shape index (κ3) is 2.79. The molecule has 4 heterocycles. The minimum absolute atomic E-state index is 0.0439. The van der Waals surface area contributed by atoms with Gasteiger partial charge < -0.3 is 9.80 Å². The van der Waals surface area contributed by atoms with E-state index in [0.717, 1.165) is 50.4 Å². The summed E-state index contributed by atoms with van der Waals surface area (Å²) in [5.41, 5.74) is 2.33. The van der Waals surface area contributed by atoms with Crippen LogP contribution in [0.4, 0.5) is 5.82 Å². The van der Waals surface area contributed by atoms with Crippen molar-refractivity contribution in [3.8, 4) is 0 Å². The van der Waals surface area contributed by atoms with E-state index in [-0.39, 0.29) is 11.4 Å². The Labute approximate surface area is 152 Å². The molecule has 0 N–H and O–H groups in total. The summed E-state index contributed by atoms with van der Waals surface area (Å²) in [5.74, 6) is 1.32. The van der Waals surface area contributed by atoms with E-state index in [1.54, 1.807) is 17.7 Å². The Morgan fingerprint density at radius 2 is 2.00 bits per heavy atom. The van der Waals surface area contributed by atoms with E-state index in [2.05, 4.69) is 39.1 Å². The Morgan fingerprint density at radius 3 is 2.84 bits per heavy atom. The van der Waals surface area contributed by atoms with Crippen LogP contribution in [0.5, 0.6) is 0 Å². The first-order valence-electron chi connectivity index (χ1n) is 8.89. The zero-order valence-electron chi connectivity index (χ0n) is 15.2. The van der Waals surface area contributed by atoms with E-state index in [9.17, 15) is 4.79 Å². The van der Waals surface area contributed by atoms with Gasteiger partial charge in [-0.2, -0.15) is 0 Å². The number of hydrogen-bond donors (Lipinski definition) is 0. The van der Waals surface area contributed by atoms with Crippen molar-refractivity contribution < 1.29 is 4.79 Å². The molecule has 134 valence electrons. The Balaban J connectivity index is 1.67. The maximum atomic E-state index is 12.2. The van der Waals surface area contributed by atoms with E-state index in [1.807, 2.05) is 11.9 Å². The maximum Gasteiger partial charge on any atom is 0.222 e. The molecule has 0 aromatic carbocycles. The average molecular weight is 359 g/mol. The zero-order chi connectivity index (χ0) is 17.6. The van der Waals surface area contributed by atoms with E-state index < -0.39 is 0 Å². The van der Waals surface area contributed by atoms with Crippen LogP contribution >= 0.6 is 11.3 Å². The normalized spacial score (nSPS) is 25.8. The number of aryl methyl sites for hydroxylation is 1. The van der Waals surface area contributed by atoms with Crippen LogP contribution in [0.2, 0.25) is 0 Å². The molecule has 0 aliphatic carbocycles. The summed E-state index contributed by atoms with van der Waals surface area (Å²) in [7, 11) is 4.13. The topological polar surface area (TPSA) is 52.6 Å². The molecular weight excluding hydrogens is 334 g/mol. The largest absolute Gasteiger partial charge is 0.352 e. The van der Waals surface area contributed by atoms with Crippen LogP contribution in [0.25, 0.3) is 10.2 Å². The Morgan fingerprint density at radius 1 is 1.16 bits per heavy atom. The second-order valence-corrected chi connectivity index (χ2v) is 8.31. The lowest BCUT2D eigenvalue weighted by Crippen LogP contribution is -2.61. The Bertz CT molecular complexity index is 806. The highest BCUT2D eigenvalue weighted by Crippen LogP contribution is 2.36. The van der Waals surface area contributed by atoms with Gasteiger partial charge in [0.05, 0.1) is 10.2 Å². The molecule has 2 aliphatic heterocycles. The second-order valence-electron chi connectivity index (χ2n) is 7.43. The highest BCUT2D eigenvalue weighted by molar-refractivity contribution is 7.18. The van der Waals surface area contributed by atoms with E-state index in [1.165, 1.54) is 10.3 Å². The lowest BCUT2D eigenvalue weighted by molar-refractivity contribution is -0.129. The van der Waals surface area contributed by atoms with Gasteiger partial charge in [-0.15, -0.1) is 11.3 Å². The highest BCUT2D eigenvalue weighted by Gasteiger charge is 2.42. The van der Waals surface area contributed by atoms with Crippen LogP contribution in [0, 0.1) is 6.92 Å². The highest BCUT2D eigenvalue weighted by atomic mass is 32.1. The maximum absolute atomic E-state index is 12.2. The molecule has 7 heteroatoms. The molecular formula is C18H25N5OS. The van der Waals surface area contributed by atoms with Gasteiger partial charge in [0, 0.05) is 45.2 Å². The molecule has 2 saturated heterocycles. The lowest BCUT2D eigenvalue weighted by Gasteiger charge is -2.49. The fourth-order valence-electron chi connectivity index (χ4n) is 4.12. The van der Waals surface area contributed by atoms with Gasteiger partial charge in [0.2, 0.25) is 5.91 Å². The molecule has 2 aromatic rings. The number of carbonyl (C=O) groups is 1. The van der Waals surface area contributed by atoms with Crippen LogP contribution in [-0.2, 0) is 4.79 Å². The number of nitrogens with zero attached hydrogens (tertiary/aromatic N) is 5. The van der Waals surface area contributed by atoms with Gasteiger partial charge in [-0.1, -0.05) is 0 Å². The van der Waals surface area contributed by atoms with Crippen LogP contribution < -0.4 is 4.90 Å². The second kappa shape index (κ2) is 6.21. The summed E-state index contributed by atoms with van der Waals surface area (Å²) >= 11 is 1.73. The van der Waals surface area contributed by atoms with Crippen LogP contribution in [0.1, 0.15) is 24.8 Å². The van der Waals surface area contributed by atoms with E-state index in [4.69, 9.17) is 0 Å². The third-order valence-corrected chi connectivity index (χ3v) is 7.04. The quantitative estimate of drug-likeness (QED) is 0.781. The van der Waals surface area contributed by atoms with Crippen LogP contribution in [0.3, 0.4) is 0 Å². The van der Waals surface area contributed by atoms with Crippen molar-refractivity contribution in [1.82, 2.24) is 19.8 Å². The summed E-state index contributed by atoms with van der Waals surface area (Å²) in [5, 5.41) is 2.16. The molecule has 0 unspecified atom stereocenters. The number of fused-ring (bicyclic) bond motifs is 1. The summed E-state index contributed by atoms with van der Waals surface area (Å²) < 4.78 is 1.18. The SMILES string of the molecule is Cc1csc2c(N3CCN(C)[C@]4(CCC(=O)N(C)CC4)C3)ncnc12. The lowest BCUT2D eigenvalue weighted by atomic mass is 9.86. The van der Waals surface area contributed by atoms with Gasteiger partial charge in [-0.05, 0) is 37.8 Å².